The molecule has 2 heteroatoms. The standard InChI is InChI=1S/C16H36N2/c1-8-10-18(15(5)6)13-16(7,9-2)12-17-11-14(3)4/h14-15,17H,8-13H2,1-7H3. The monoisotopic (exact) mass is 256 g/mol. The normalized spacial score (nSPS) is 15.7. The number of hydrogen-bond donors (Lipinski definition) is 1. The molecule has 0 spiro atoms. The van der Waals surface area contributed by atoms with Crippen LogP contribution in [0.4, 0.5) is 0 Å². The van der Waals surface area contributed by atoms with Gasteiger partial charge in [0.1, 0.15) is 0 Å². The van der Waals surface area contributed by atoms with Crippen molar-refractivity contribution in [2.24, 2.45) is 11.3 Å². The fraction of sp³-hybridized carbons (Fsp3) is 1.00. The van der Waals surface area contributed by atoms with Crippen LogP contribution < -0.4 is 5.32 Å². The van der Waals surface area contributed by atoms with Crippen LogP contribution in [0, 0.1) is 11.3 Å². The molecule has 0 heterocycles. The second-order valence-electron chi connectivity index (χ2n) is 6.75. The van der Waals surface area contributed by atoms with Crippen molar-refractivity contribution >= 4 is 0 Å². The van der Waals surface area contributed by atoms with Gasteiger partial charge in [-0.2, -0.15) is 0 Å². The van der Waals surface area contributed by atoms with E-state index in [-0.39, 0.29) is 0 Å². The van der Waals surface area contributed by atoms with Crippen molar-refractivity contribution in [1.82, 2.24) is 10.2 Å². The molecule has 0 aromatic carbocycles. The van der Waals surface area contributed by atoms with Gasteiger partial charge in [0.15, 0.2) is 0 Å². The van der Waals surface area contributed by atoms with Crippen molar-refractivity contribution in [3.05, 3.63) is 0 Å². The lowest BCUT2D eigenvalue weighted by Crippen LogP contribution is -2.45. The maximum absolute atomic E-state index is 3.64. The van der Waals surface area contributed by atoms with Crippen molar-refractivity contribution in [3.8, 4) is 0 Å². The predicted molar refractivity (Wildman–Crippen MR) is 83.1 cm³/mol. The zero-order chi connectivity index (χ0) is 14.2. The van der Waals surface area contributed by atoms with Gasteiger partial charge in [-0.05, 0) is 51.1 Å². The average molecular weight is 256 g/mol. The zero-order valence-electron chi connectivity index (χ0n) is 13.8. The van der Waals surface area contributed by atoms with E-state index < -0.39 is 0 Å². The summed E-state index contributed by atoms with van der Waals surface area (Å²) in [5.41, 5.74) is 0.397. The van der Waals surface area contributed by atoms with Crippen LogP contribution in [0.3, 0.4) is 0 Å². The maximum Gasteiger partial charge on any atom is 0.00501 e. The Labute approximate surface area is 116 Å². The Hall–Kier alpha value is -0.0800. The van der Waals surface area contributed by atoms with Crippen LogP contribution in [0.2, 0.25) is 0 Å². The van der Waals surface area contributed by atoms with Crippen LogP contribution >= 0.6 is 0 Å². The summed E-state index contributed by atoms with van der Waals surface area (Å²) in [5.74, 6) is 0.739. The van der Waals surface area contributed by atoms with E-state index in [0.29, 0.717) is 11.5 Å². The molecule has 0 aliphatic heterocycles. The smallest absolute Gasteiger partial charge is 0.00501 e. The van der Waals surface area contributed by atoms with E-state index in [4.69, 9.17) is 0 Å². The Morgan fingerprint density at radius 3 is 2.11 bits per heavy atom. The molecule has 0 aliphatic carbocycles. The minimum atomic E-state index is 0.397. The molecule has 0 saturated carbocycles. The highest BCUT2D eigenvalue weighted by molar-refractivity contribution is 4.81. The van der Waals surface area contributed by atoms with E-state index in [0.717, 1.165) is 19.0 Å². The molecule has 0 saturated heterocycles. The lowest BCUT2D eigenvalue weighted by Gasteiger charge is -2.37. The lowest BCUT2D eigenvalue weighted by atomic mass is 9.86. The van der Waals surface area contributed by atoms with Gasteiger partial charge in [-0.15, -0.1) is 0 Å². The number of nitrogens with one attached hydrogen (secondary N) is 1. The summed E-state index contributed by atoms with van der Waals surface area (Å²) in [5, 5.41) is 3.64. The first-order valence-electron chi connectivity index (χ1n) is 7.79. The Kier molecular flexibility index (Phi) is 8.89. The molecular weight excluding hydrogens is 220 g/mol. The topological polar surface area (TPSA) is 15.3 Å². The van der Waals surface area contributed by atoms with E-state index in [9.17, 15) is 0 Å². The molecule has 110 valence electrons. The highest BCUT2D eigenvalue weighted by Gasteiger charge is 2.25. The molecule has 0 aromatic heterocycles. The van der Waals surface area contributed by atoms with Gasteiger partial charge in [-0.1, -0.05) is 34.6 Å². The minimum Gasteiger partial charge on any atom is -0.316 e. The fourth-order valence-electron chi connectivity index (χ4n) is 2.25. The van der Waals surface area contributed by atoms with Gasteiger partial charge in [0.2, 0.25) is 0 Å². The van der Waals surface area contributed by atoms with Gasteiger partial charge in [0, 0.05) is 19.1 Å². The molecule has 0 radical (unpaired) electrons. The highest BCUT2D eigenvalue weighted by atomic mass is 15.2. The molecule has 1 atom stereocenters. The molecule has 0 amide bonds. The van der Waals surface area contributed by atoms with E-state index in [1.807, 2.05) is 0 Å². The summed E-state index contributed by atoms with van der Waals surface area (Å²) in [6.07, 6.45) is 2.49. The Bertz CT molecular complexity index is 201. The fourth-order valence-corrected chi connectivity index (χ4v) is 2.25. The Balaban J connectivity index is 4.33. The van der Waals surface area contributed by atoms with Crippen molar-refractivity contribution < 1.29 is 0 Å². The van der Waals surface area contributed by atoms with Gasteiger partial charge < -0.3 is 10.2 Å². The van der Waals surface area contributed by atoms with Gasteiger partial charge in [0.25, 0.3) is 0 Å². The second-order valence-corrected chi connectivity index (χ2v) is 6.75. The number of rotatable bonds is 10. The van der Waals surface area contributed by atoms with Gasteiger partial charge in [-0.3, -0.25) is 0 Å². The molecule has 0 aromatic rings. The minimum absolute atomic E-state index is 0.397. The van der Waals surface area contributed by atoms with Crippen LogP contribution in [0.15, 0.2) is 0 Å². The van der Waals surface area contributed by atoms with Crippen LogP contribution in [0.25, 0.3) is 0 Å². The third-order valence-corrected chi connectivity index (χ3v) is 3.78. The van der Waals surface area contributed by atoms with Crippen LogP contribution in [0.5, 0.6) is 0 Å². The molecule has 0 aliphatic rings. The summed E-state index contributed by atoms with van der Waals surface area (Å²) in [4.78, 5) is 2.63. The van der Waals surface area contributed by atoms with Crippen LogP contribution in [0.1, 0.15) is 61.3 Å². The number of nitrogens with zero attached hydrogens (tertiary/aromatic N) is 1. The van der Waals surface area contributed by atoms with Crippen molar-refractivity contribution in [2.75, 3.05) is 26.2 Å². The lowest BCUT2D eigenvalue weighted by molar-refractivity contribution is 0.126. The van der Waals surface area contributed by atoms with E-state index in [1.165, 1.54) is 25.9 Å². The second kappa shape index (κ2) is 8.92. The molecule has 18 heavy (non-hydrogen) atoms. The quantitative estimate of drug-likeness (QED) is 0.640. The van der Waals surface area contributed by atoms with Crippen molar-refractivity contribution in [1.29, 1.82) is 0 Å². The van der Waals surface area contributed by atoms with E-state index in [2.05, 4.69) is 58.7 Å². The summed E-state index contributed by atoms with van der Waals surface area (Å²) in [7, 11) is 0. The van der Waals surface area contributed by atoms with Gasteiger partial charge >= 0.3 is 0 Å². The molecule has 1 unspecified atom stereocenters. The van der Waals surface area contributed by atoms with Crippen LogP contribution in [-0.4, -0.2) is 37.1 Å². The third-order valence-electron chi connectivity index (χ3n) is 3.78. The van der Waals surface area contributed by atoms with E-state index >= 15 is 0 Å². The van der Waals surface area contributed by atoms with Crippen molar-refractivity contribution in [2.45, 2.75) is 67.3 Å². The summed E-state index contributed by atoms with van der Waals surface area (Å²) in [6.45, 7) is 20.9. The van der Waals surface area contributed by atoms with Gasteiger partial charge in [0.05, 0.1) is 0 Å². The first-order valence-corrected chi connectivity index (χ1v) is 7.79. The van der Waals surface area contributed by atoms with Gasteiger partial charge in [-0.25, -0.2) is 0 Å². The summed E-state index contributed by atoms with van der Waals surface area (Å²) < 4.78 is 0. The van der Waals surface area contributed by atoms with Crippen LogP contribution in [-0.2, 0) is 0 Å². The Morgan fingerprint density at radius 1 is 1.11 bits per heavy atom. The molecule has 0 rings (SSSR count). The first kappa shape index (κ1) is 17.9. The third kappa shape index (κ3) is 7.38. The molecule has 0 bridgehead atoms. The molecule has 2 nitrogen and oxygen atoms in total. The Morgan fingerprint density at radius 2 is 1.72 bits per heavy atom. The maximum atomic E-state index is 3.64. The highest BCUT2D eigenvalue weighted by Crippen LogP contribution is 2.23. The predicted octanol–water partition coefficient (Wildman–Crippen LogP) is 3.77. The first-order chi connectivity index (χ1) is 8.34. The average Bonchev–Trinajstić information content (AvgIpc) is 2.28. The molecule has 0 fully saturated rings. The largest absolute Gasteiger partial charge is 0.316 e. The van der Waals surface area contributed by atoms with Crippen molar-refractivity contribution in [3.63, 3.8) is 0 Å². The SMILES string of the molecule is CCCN(CC(C)(CC)CNCC(C)C)C(C)C. The summed E-state index contributed by atoms with van der Waals surface area (Å²) in [6, 6.07) is 0.654. The van der Waals surface area contributed by atoms with E-state index in [1.54, 1.807) is 0 Å². The molecule has 1 N–H and O–H groups in total. The molecular formula is C16H36N2. The summed E-state index contributed by atoms with van der Waals surface area (Å²) >= 11 is 0. The zero-order valence-corrected chi connectivity index (χ0v) is 13.8. The number of hydrogen-bond acceptors (Lipinski definition) is 2.